The van der Waals surface area contributed by atoms with Crippen molar-refractivity contribution in [2.45, 2.75) is 44.9 Å². The summed E-state index contributed by atoms with van der Waals surface area (Å²) in [5.41, 5.74) is 3.62. The Kier molecular flexibility index (Phi) is 3.90. The number of hydrogen-bond donors (Lipinski definition) is 0. The first-order valence-electron chi connectivity index (χ1n) is 8.08. The Hall–Kier alpha value is -1.90. The maximum atomic E-state index is 10.6. The molecule has 1 aliphatic carbocycles. The Morgan fingerprint density at radius 1 is 1.27 bits per heavy atom. The van der Waals surface area contributed by atoms with E-state index in [2.05, 4.69) is 37.6 Å². The van der Waals surface area contributed by atoms with Crippen molar-refractivity contribution in [3.05, 3.63) is 35.9 Å². The first-order valence-corrected chi connectivity index (χ1v) is 8.08. The highest BCUT2D eigenvalue weighted by atomic mass is 16.5. The molecule has 116 valence electrons. The molecule has 1 aliphatic heterocycles. The molecule has 22 heavy (non-hydrogen) atoms. The van der Waals surface area contributed by atoms with E-state index in [0.717, 1.165) is 5.92 Å². The molecule has 1 aromatic carbocycles. The topological polar surface area (TPSA) is 29.3 Å². The number of carbonyl (C=O) groups excluding carboxylic acids is 1. The summed E-state index contributed by atoms with van der Waals surface area (Å²) in [5.74, 6) is 1.34. The molecule has 2 aliphatic rings. The molecule has 0 aromatic heterocycles. The molecule has 1 heterocycles. The minimum Gasteiger partial charge on any atom is -0.429 e. The second-order valence-corrected chi connectivity index (χ2v) is 6.87. The number of benzene rings is 1. The van der Waals surface area contributed by atoms with Crippen LogP contribution in [0.5, 0.6) is 5.75 Å². The highest BCUT2D eigenvalue weighted by molar-refractivity contribution is 6.03. The van der Waals surface area contributed by atoms with Crippen molar-refractivity contribution in [2.24, 2.45) is 5.92 Å². The SMILES string of the molecule is C[N+]1=C(C=CC2CCCC2)C(C)(C)c2cc(OC=O)ccc21. The standard InChI is InChI=1S/C19H24NO2/c1-19(2)16-12-15(22-13-21)9-10-17(16)20(3)18(19)11-8-14-6-4-5-7-14/h8-14H,4-7H2,1-3H3/q+1. The molecular formula is C19H24NO2+. The number of ether oxygens (including phenoxy) is 1. The van der Waals surface area contributed by atoms with Gasteiger partial charge in [0.05, 0.1) is 5.41 Å². The molecular weight excluding hydrogens is 274 g/mol. The lowest BCUT2D eigenvalue weighted by Gasteiger charge is -2.16. The molecule has 0 atom stereocenters. The van der Waals surface area contributed by atoms with E-state index in [1.165, 1.54) is 42.6 Å². The van der Waals surface area contributed by atoms with Gasteiger partial charge in [-0.1, -0.05) is 18.9 Å². The summed E-state index contributed by atoms with van der Waals surface area (Å²) in [6.45, 7) is 4.95. The summed E-state index contributed by atoms with van der Waals surface area (Å²) in [6, 6.07) is 5.87. The molecule has 0 bridgehead atoms. The van der Waals surface area contributed by atoms with Crippen LogP contribution in [0, 0.1) is 5.92 Å². The van der Waals surface area contributed by atoms with Gasteiger partial charge in [-0.15, -0.1) is 0 Å². The van der Waals surface area contributed by atoms with E-state index in [1.807, 2.05) is 18.2 Å². The van der Waals surface area contributed by atoms with E-state index in [1.54, 1.807) is 0 Å². The zero-order valence-electron chi connectivity index (χ0n) is 13.6. The minimum atomic E-state index is -0.0819. The Morgan fingerprint density at radius 2 is 2.00 bits per heavy atom. The summed E-state index contributed by atoms with van der Waals surface area (Å²) < 4.78 is 7.27. The van der Waals surface area contributed by atoms with Gasteiger partial charge in [-0.25, -0.2) is 0 Å². The van der Waals surface area contributed by atoms with Crippen LogP contribution in [0.3, 0.4) is 0 Å². The smallest absolute Gasteiger partial charge is 0.298 e. The highest BCUT2D eigenvalue weighted by Crippen LogP contribution is 2.41. The monoisotopic (exact) mass is 298 g/mol. The van der Waals surface area contributed by atoms with Crippen LogP contribution >= 0.6 is 0 Å². The molecule has 3 heteroatoms. The van der Waals surface area contributed by atoms with Crippen LogP contribution < -0.4 is 4.74 Å². The first-order chi connectivity index (χ1) is 10.5. The van der Waals surface area contributed by atoms with Crippen LogP contribution in [-0.2, 0) is 10.2 Å². The quantitative estimate of drug-likeness (QED) is 0.621. The van der Waals surface area contributed by atoms with Crippen LogP contribution in [0.25, 0.3) is 0 Å². The first kappa shape index (κ1) is 15.0. The Labute approximate surface area is 132 Å². The van der Waals surface area contributed by atoms with Gasteiger partial charge in [-0.05, 0) is 44.7 Å². The van der Waals surface area contributed by atoms with Crippen molar-refractivity contribution in [1.29, 1.82) is 0 Å². The van der Waals surface area contributed by atoms with E-state index in [9.17, 15) is 4.79 Å². The Balaban J connectivity index is 1.94. The fourth-order valence-electron chi connectivity index (χ4n) is 3.82. The third-order valence-electron chi connectivity index (χ3n) is 5.11. The van der Waals surface area contributed by atoms with Crippen molar-refractivity contribution in [3.8, 4) is 5.75 Å². The largest absolute Gasteiger partial charge is 0.429 e. The summed E-state index contributed by atoms with van der Waals surface area (Å²) in [4.78, 5) is 10.6. The number of carbonyl (C=O) groups is 1. The molecule has 1 fully saturated rings. The maximum Gasteiger partial charge on any atom is 0.298 e. The van der Waals surface area contributed by atoms with Crippen molar-refractivity contribution in [3.63, 3.8) is 0 Å². The minimum absolute atomic E-state index is 0.0819. The van der Waals surface area contributed by atoms with Gasteiger partial charge in [0.1, 0.15) is 12.8 Å². The molecule has 0 spiro atoms. The maximum absolute atomic E-state index is 10.6. The van der Waals surface area contributed by atoms with Crippen molar-refractivity contribution < 1.29 is 14.1 Å². The number of rotatable bonds is 4. The summed E-state index contributed by atoms with van der Waals surface area (Å²) in [5, 5.41) is 0. The van der Waals surface area contributed by atoms with Crippen LogP contribution in [0.1, 0.15) is 45.1 Å². The Bertz CT molecular complexity index is 649. The Morgan fingerprint density at radius 3 is 2.68 bits per heavy atom. The summed E-state index contributed by atoms with van der Waals surface area (Å²) in [6.07, 6.45) is 10.0. The van der Waals surface area contributed by atoms with Crippen LogP contribution in [-0.4, -0.2) is 23.8 Å². The van der Waals surface area contributed by atoms with Gasteiger partial charge in [0.25, 0.3) is 6.47 Å². The predicted molar refractivity (Wildman–Crippen MR) is 88.1 cm³/mol. The molecule has 1 saturated carbocycles. The van der Waals surface area contributed by atoms with E-state index in [0.29, 0.717) is 12.2 Å². The van der Waals surface area contributed by atoms with Gasteiger partial charge in [0.2, 0.25) is 5.69 Å². The normalized spacial score (nSPS) is 20.7. The van der Waals surface area contributed by atoms with Crippen LogP contribution in [0.2, 0.25) is 0 Å². The van der Waals surface area contributed by atoms with Gasteiger partial charge in [0.15, 0.2) is 5.71 Å². The van der Waals surface area contributed by atoms with E-state index in [-0.39, 0.29) is 5.41 Å². The molecule has 3 rings (SSSR count). The third kappa shape index (κ3) is 2.49. The van der Waals surface area contributed by atoms with Crippen molar-refractivity contribution in [1.82, 2.24) is 0 Å². The lowest BCUT2D eigenvalue weighted by Crippen LogP contribution is -2.26. The van der Waals surface area contributed by atoms with E-state index < -0.39 is 0 Å². The predicted octanol–water partition coefficient (Wildman–Crippen LogP) is 3.97. The fourth-order valence-corrected chi connectivity index (χ4v) is 3.82. The average molecular weight is 298 g/mol. The lowest BCUT2D eigenvalue weighted by molar-refractivity contribution is -0.401. The zero-order valence-corrected chi connectivity index (χ0v) is 13.6. The van der Waals surface area contributed by atoms with E-state index >= 15 is 0 Å². The second-order valence-electron chi connectivity index (χ2n) is 6.87. The fraction of sp³-hybridized carbons (Fsp3) is 0.474. The average Bonchev–Trinajstić information content (AvgIpc) is 3.05. The van der Waals surface area contributed by atoms with Crippen LogP contribution in [0.15, 0.2) is 30.4 Å². The molecule has 1 aromatic rings. The molecule has 3 nitrogen and oxygen atoms in total. The summed E-state index contributed by atoms with van der Waals surface area (Å²) >= 11 is 0. The molecule has 0 radical (unpaired) electrons. The van der Waals surface area contributed by atoms with E-state index in [4.69, 9.17) is 4.74 Å². The number of hydrogen-bond acceptors (Lipinski definition) is 2. The number of fused-ring (bicyclic) bond motifs is 1. The van der Waals surface area contributed by atoms with Crippen LogP contribution in [0.4, 0.5) is 5.69 Å². The van der Waals surface area contributed by atoms with Gasteiger partial charge >= 0.3 is 0 Å². The zero-order chi connectivity index (χ0) is 15.7. The van der Waals surface area contributed by atoms with Crippen molar-refractivity contribution >= 4 is 17.9 Å². The number of allylic oxidation sites excluding steroid dienone is 2. The van der Waals surface area contributed by atoms with Crippen molar-refractivity contribution in [2.75, 3.05) is 7.05 Å². The lowest BCUT2D eigenvalue weighted by atomic mass is 9.81. The third-order valence-corrected chi connectivity index (χ3v) is 5.11. The molecule has 0 unspecified atom stereocenters. The second kappa shape index (κ2) is 5.71. The highest BCUT2D eigenvalue weighted by Gasteiger charge is 2.43. The molecule has 0 N–H and O–H groups in total. The number of nitrogens with zero attached hydrogens (tertiary/aromatic N) is 1. The van der Waals surface area contributed by atoms with Gasteiger partial charge in [-0.3, -0.25) is 4.79 Å². The van der Waals surface area contributed by atoms with Gasteiger partial charge in [-0.2, -0.15) is 4.58 Å². The molecule has 0 saturated heterocycles. The van der Waals surface area contributed by atoms with Gasteiger partial charge in [0, 0.05) is 17.7 Å². The summed E-state index contributed by atoms with van der Waals surface area (Å²) in [7, 11) is 2.11. The molecule has 0 amide bonds. The van der Waals surface area contributed by atoms with Gasteiger partial charge < -0.3 is 4.74 Å².